The van der Waals surface area contributed by atoms with Crippen LogP contribution < -0.4 is 5.73 Å². The van der Waals surface area contributed by atoms with Gasteiger partial charge in [0.05, 0.1) is 12.7 Å². The Morgan fingerprint density at radius 2 is 2.14 bits per heavy atom. The Hall–Kier alpha value is -0.650. The van der Waals surface area contributed by atoms with Crippen LogP contribution in [-0.4, -0.2) is 54.9 Å². The second-order valence-corrected chi connectivity index (χ2v) is 3.58. The summed E-state index contributed by atoms with van der Waals surface area (Å²) >= 11 is 0. The molecular formula is C9H20N2O3. The minimum atomic E-state index is -0.644. The van der Waals surface area contributed by atoms with Crippen LogP contribution in [0.15, 0.2) is 0 Å². The fraction of sp³-hybridized carbons (Fsp3) is 0.889. The Bertz CT molecular complexity index is 173. The van der Waals surface area contributed by atoms with Crippen LogP contribution in [0.4, 0.5) is 0 Å². The number of ether oxygens (including phenoxy) is 1. The van der Waals surface area contributed by atoms with Gasteiger partial charge in [-0.2, -0.15) is 0 Å². The van der Waals surface area contributed by atoms with E-state index >= 15 is 0 Å². The van der Waals surface area contributed by atoms with Gasteiger partial charge in [0.2, 0.25) is 0 Å². The lowest BCUT2D eigenvalue weighted by atomic mass is 10.3. The van der Waals surface area contributed by atoms with E-state index in [1.54, 1.807) is 25.8 Å². The van der Waals surface area contributed by atoms with Crippen LogP contribution >= 0.6 is 0 Å². The number of rotatable bonds is 6. The summed E-state index contributed by atoms with van der Waals surface area (Å²) in [7, 11) is 1.79. The van der Waals surface area contributed by atoms with Crippen molar-refractivity contribution in [3.05, 3.63) is 0 Å². The normalized spacial score (nSPS) is 13.4. The minimum Gasteiger partial charge on any atom is -0.462 e. The predicted octanol–water partition coefficient (Wildman–Crippen LogP) is -0.811. The van der Waals surface area contributed by atoms with Crippen LogP contribution in [0.5, 0.6) is 0 Å². The predicted molar refractivity (Wildman–Crippen MR) is 53.8 cm³/mol. The molecule has 0 saturated heterocycles. The molecule has 0 rings (SSSR count). The van der Waals surface area contributed by atoms with Crippen molar-refractivity contribution in [2.45, 2.75) is 26.0 Å². The van der Waals surface area contributed by atoms with E-state index in [-0.39, 0.29) is 12.7 Å². The third-order valence-corrected chi connectivity index (χ3v) is 1.64. The zero-order chi connectivity index (χ0) is 11.1. The highest BCUT2D eigenvalue weighted by Gasteiger charge is 2.17. The topological polar surface area (TPSA) is 75.8 Å². The molecule has 1 atom stereocenters. The van der Waals surface area contributed by atoms with E-state index in [0.717, 1.165) is 0 Å². The number of nitrogens with zero attached hydrogens (tertiary/aromatic N) is 1. The highest BCUT2D eigenvalue weighted by molar-refractivity contribution is 5.75. The molecule has 0 bridgehead atoms. The van der Waals surface area contributed by atoms with Gasteiger partial charge >= 0.3 is 5.97 Å². The van der Waals surface area contributed by atoms with Crippen molar-refractivity contribution in [3.63, 3.8) is 0 Å². The smallest absolute Gasteiger partial charge is 0.324 e. The van der Waals surface area contributed by atoms with Crippen LogP contribution in [0.1, 0.15) is 13.8 Å². The molecule has 0 aromatic rings. The van der Waals surface area contributed by atoms with Crippen molar-refractivity contribution in [1.82, 2.24) is 4.90 Å². The van der Waals surface area contributed by atoms with E-state index < -0.39 is 12.0 Å². The molecule has 0 radical (unpaired) electrons. The summed E-state index contributed by atoms with van der Waals surface area (Å²) in [6.45, 7) is 4.52. The van der Waals surface area contributed by atoms with Gasteiger partial charge in [0.1, 0.15) is 6.04 Å². The molecule has 0 aromatic heterocycles. The van der Waals surface area contributed by atoms with Gasteiger partial charge in [-0.25, -0.2) is 0 Å². The summed E-state index contributed by atoms with van der Waals surface area (Å²) in [5.41, 5.74) is 5.60. The van der Waals surface area contributed by atoms with Crippen molar-refractivity contribution in [3.8, 4) is 0 Å². The molecule has 0 spiro atoms. The quantitative estimate of drug-likeness (QED) is 0.553. The largest absolute Gasteiger partial charge is 0.462 e. The van der Waals surface area contributed by atoms with Gasteiger partial charge in [0.15, 0.2) is 0 Å². The number of esters is 1. The lowest BCUT2D eigenvalue weighted by Gasteiger charge is -2.20. The summed E-state index contributed by atoms with van der Waals surface area (Å²) < 4.78 is 4.94. The third-order valence-electron chi connectivity index (χ3n) is 1.64. The van der Waals surface area contributed by atoms with Crippen molar-refractivity contribution < 1.29 is 14.6 Å². The molecule has 0 aromatic carbocycles. The van der Waals surface area contributed by atoms with E-state index in [0.29, 0.717) is 13.1 Å². The van der Waals surface area contributed by atoms with Crippen molar-refractivity contribution >= 4 is 5.97 Å². The van der Waals surface area contributed by atoms with E-state index in [1.807, 2.05) is 0 Å². The van der Waals surface area contributed by atoms with Gasteiger partial charge in [0, 0.05) is 13.1 Å². The molecule has 5 heteroatoms. The Morgan fingerprint density at radius 3 is 2.57 bits per heavy atom. The molecule has 14 heavy (non-hydrogen) atoms. The SMILES string of the molecule is CC(C)OC(=O)[C@@H](N)CN(C)CCO. The number of nitrogens with two attached hydrogens (primary N) is 1. The van der Waals surface area contributed by atoms with E-state index in [1.165, 1.54) is 0 Å². The van der Waals surface area contributed by atoms with Gasteiger partial charge < -0.3 is 20.5 Å². The minimum absolute atomic E-state index is 0.0580. The van der Waals surface area contributed by atoms with E-state index in [9.17, 15) is 4.79 Å². The maximum Gasteiger partial charge on any atom is 0.324 e. The average molecular weight is 204 g/mol. The molecular weight excluding hydrogens is 184 g/mol. The summed E-state index contributed by atoms with van der Waals surface area (Å²) in [6.07, 6.45) is -0.142. The summed E-state index contributed by atoms with van der Waals surface area (Å²) in [4.78, 5) is 13.0. The number of likely N-dealkylation sites (N-methyl/N-ethyl adjacent to an activating group) is 1. The highest BCUT2D eigenvalue weighted by Crippen LogP contribution is 1.94. The summed E-state index contributed by atoms with van der Waals surface area (Å²) in [5, 5.41) is 8.63. The van der Waals surface area contributed by atoms with Crippen molar-refractivity contribution in [1.29, 1.82) is 0 Å². The van der Waals surface area contributed by atoms with Crippen molar-refractivity contribution in [2.75, 3.05) is 26.7 Å². The van der Waals surface area contributed by atoms with E-state index in [2.05, 4.69) is 0 Å². The molecule has 0 heterocycles. The average Bonchev–Trinajstić information content (AvgIpc) is 2.02. The first-order valence-electron chi connectivity index (χ1n) is 4.72. The van der Waals surface area contributed by atoms with Crippen LogP contribution in [0.2, 0.25) is 0 Å². The van der Waals surface area contributed by atoms with E-state index in [4.69, 9.17) is 15.6 Å². The van der Waals surface area contributed by atoms with Crippen LogP contribution in [-0.2, 0) is 9.53 Å². The molecule has 3 N–H and O–H groups in total. The first-order chi connectivity index (χ1) is 6.47. The van der Waals surface area contributed by atoms with Gasteiger partial charge in [-0.15, -0.1) is 0 Å². The Balaban J connectivity index is 3.82. The maximum absolute atomic E-state index is 11.3. The number of aliphatic hydroxyl groups is 1. The van der Waals surface area contributed by atoms with Gasteiger partial charge in [-0.05, 0) is 20.9 Å². The molecule has 5 nitrogen and oxygen atoms in total. The third kappa shape index (κ3) is 5.90. The summed E-state index contributed by atoms with van der Waals surface area (Å²) in [6, 6.07) is -0.644. The molecule has 0 saturated carbocycles. The first-order valence-corrected chi connectivity index (χ1v) is 4.72. The Morgan fingerprint density at radius 1 is 1.57 bits per heavy atom. The van der Waals surface area contributed by atoms with Gasteiger partial charge in [-0.3, -0.25) is 4.79 Å². The zero-order valence-corrected chi connectivity index (χ0v) is 9.06. The maximum atomic E-state index is 11.3. The fourth-order valence-corrected chi connectivity index (χ4v) is 0.992. The number of carbonyl (C=O) groups is 1. The van der Waals surface area contributed by atoms with Crippen LogP contribution in [0.25, 0.3) is 0 Å². The molecule has 0 aliphatic carbocycles. The molecule has 0 aliphatic rings. The Labute approximate surface area is 84.8 Å². The molecule has 84 valence electrons. The molecule has 0 amide bonds. The first kappa shape index (κ1) is 13.4. The number of hydrogen-bond donors (Lipinski definition) is 2. The van der Waals surface area contributed by atoms with Crippen LogP contribution in [0.3, 0.4) is 0 Å². The number of carbonyl (C=O) groups excluding carboxylic acids is 1. The molecule has 0 fully saturated rings. The zero-order valence-electron chi connectivity index (χ0n) is 9.06. The number of aliphatic hydroxyl groups excluding tert-OH is 1. The van der Waals surface area contributed by atoms with Gasteiger partial charge in [-0.1, -0.05) is 0 Å². The second-order valence-electron chi connectivity index (χ2n) is 3.58. The van der Waals surface area contributed by atoms with Gasteiger partial charge in [0.25, 0.3) is 0 Å². The molecule has 0 unspecified atom stereocenters. The second kappa shape index (κ2) is 6.75. The number of hydrogen-bond acceptors (Lipinski definition) is 5. The Kier molecular flexibility index (Phi) is 6.44. The fourth-order valence-electron chi connectivity index (χ4n) is 0.992. The summed E-state index contributed by atoms with van der Waals surface area (Å²) in [5.74, 6) is -0.398. The highest BCUT2D eigenvalue weighted by atomic mass is 16.5. The van der Waals surface area contributed by atoms with Crippen LogP contribution in [0, 0.1) is 0 Å². The monoisotopic (exact) mass is 204 g/mol. The standard InChI is InChI=1S/C9H20N2O3/c1-7(2)14-9(13)8(10)6-11(3)4-5-12/h7-8,12H,4-6,10H2,1-3H3/t8-/m0/s1. The lowest BCUT2D eigenvalue weighted by molar-refractivity contribution is -0.149. The van der Waals surface area contributed by atoms with Crippen molar-refractivity contribution in [2.24, 2.45) is 5.73 Å². The lowest BCUT2D eigenvalue weighted by Crippen LogP contribution is -2.43. The molecule has 0 aliphatic heterocycles.